The van der Waals surface area contributed by atoms with Gasteiger partial charge in [-0.2, -0.15) is 0 Å². The van der Waals surface area contributed by atoms with Crippen LogP contribution in [0.4, 0.5) is 42.8 Å². The normalized spacial score (nSPS) is 11.0. The number of halogens is 8. The van der Waals surface area contributed by atoms with Crippen molar-refractivity contribution in [3.8, 4) is 28.7 Å². The van der Waals surface area contributed by atoms with Crippen LogP contribution in [0.1, 0.15) is 39.5 Å². The van der Waals surface area contributed by atoms with Crippen LogP contribution in [0, 0.1) is 10.1 Å². The number of phenols is 1. The van der Waals surface area contributed by atoms with Crippen LogP contribution >= 0.6 is 92.8 Å². The summed E-state index contributed by atoms with van der Waals surface area (Å²) in [5.41, 5.74) is 3.70. The van der Waals surface area contributed by atoms with Crippen molar-refractivity contribution in [1.82, 2.24) is 10.6 Å². The molecule has 2 atom stereocenters. The molecule has 484 valence electrons. The number of hydrogen-bond donors (Lipinski definition) is 5. The summed E-state index contributed by atoms with van der Waals surface area (Å²) in [5, 5.41) is 42.3. The number of alkyl halides is 8. The third-order valence-electron chi connectivity index (χ3n) is 11.8. The highest BCUT2D eigenvalue weighted by Crippen LogP contribution is 2.25. The lowest BCUT2D eigenvalue weighted by atomic mass is 10.1. The summed E-state index contributed by atoms with van der Waals surface area (Å²) in [7, 11) is 0. The van der Waals surface area contributed by atoms with Crippen LogP contribution in [0.15, 0.2) is 121 Å². The maximum Gasteiger partial charge on any atom is 0.519 e. The number of nitro groups is 1. The van der Waals surface area contributed by atoms with Gasteiger partial charge in [0.25, 0.3) is 5.69 Å². The second-order valence-corrected chi connectivity index (χ2v) is 21.3. The van der Waals surface area contributed by atoms with Crippen molar-refractivity contribution in [3.05, 3.63) is 131 Å². The van der Waals surface area contributed by atoms with Crippen molar-refractivity contribution in [2.45, 2.75) is 51.6 Å². The second-order valence-electron chi connectivity index (χ2n) is 18.2. The van der Waals surface area contributed by atoms with Crippen molar-refractivity contribution in [3.63, 3.8) is 0 Å². The van der Waals surface area contributed by atoms with Gasteiger partial charge in [0.15, 0.2) is 0 Å². The van der Waals surface area contributed by atoms with E-state index in [0.29, 0.717) is 84.7 Å². The number of benzene rings is 5. The van der Waals surface area contributed by atoms with E-state index in [0.717, 1.165) is 61.8 Å². The molecular weight excluding hydrogens is 1310 g/mol. The van der Waals surface area contributed by atoms with E-state index in [2.05, 4.69) is 27.4 Å². The SMILES string of the molecule is CCCC(C)NC(=O)Oc1ccc(N(CCCl)CCCl)cc1.O=C(O)CCC(NC(=O)Oc1ccc(N(CCCl)CCCl)cc1)C(=O)O.O=C(Oc1ccc(N(CCCl)CCCl)cc1)Oc1ccc([N+](=O)[O-])cc1.Oc1ccc(N(CCCl)CCCl)cc1. The molecule has 5 N–H and O–H groups in total. The van der Waals surface area contributed by atoms with Crippen LogP contribution in [0.25, 0.3) is 0 Å². The number of carbonyl (C=O) groups excluding carboxylic acids is 3. The maximum absolute atomic E-state index is 11.8. The molecule has 88 heavy (non-hydrogen) atoms. The summed E-state index contributed by atoms with van der Waals surface area (Å²) >= 11 is 46.0. The number of nitro benzene ring substituents is 1. The van der Waals surface area contributed by atoms with Crippen molar-refractivity contribution >= 4 is 152 Å². The number of ether oxygens (including phenoxy) is 4. The van der Waals surface area contributed by atoms with E-state index in [-0.39, 0.29) is 41.8 Å². The zero-order valence-electron chi connectivity index (χ0n) is 48.4. The zero-order chi connectivity index (χ0) is 65.2. The molecule has 0 radical (unpaired) electrons. The minimum atomic E-state index is -1.35. The van der Waals surface area contributed by atoms with Crippen LogP contribution in [-0.2, 0) is 9.59 Å². The Morgan fingerprint density at radius 2 is 0.773 bits per heavy atom. The summed E-state index contributed by atoms with van der Waals surface area (Å²) in [5.74, 6) is 2.97. The number of aromatic hydroxyl groups is 1. The first-order chi connectivity index (χ1) is 42.3. The number of amides is 2. The highest BCUT2D eigenvalue weighted by Gasteiger charge is 2.22. The van der Waals surface area contributed by atoms with Crippen molar-refractivity contribution in [2.75, 3.05) is 119 Å². The van der Waals surface area contributed by atoms with Gasteiger partial charge in [-0.1, -0.05) is 13.3 Å². The number of hydrogen-bond acceptors (Lipinski definition) is 16. The number of rotatable bonds is 33. The van der Waals surface area contributed by atoms with E-state index < -0.39 is 41.2 Å². The van der Waals surface area contributed by atoms with Gasteiger partial charge in [0.2, 0.25) is 0 Å². The Kier molecular flexibility index (Phi) is 40.4. The molecular formula is C59H73Cl8N7O14. The van der Waals surface area contributed by atoms with E-state index in [1.54, 1.807) is 72.8 Å². The summed E-state index contributed by atoms with van der Waals surface area (Å²) in [6.45, 7) is 9.54. The Morgan fingerprint density at radius 1 is 0.477 bits per heavy atom. The van der Waals surface area contributed by atoms with Crippen LogP contribution in [0.3, 0.4) is 0 Å². The predicted octanol–water partition coefficient (Wildman–Crippen LogP) is 13.8. The van der Waals surface area contributed by atoms with Gasteiger partial charge in [-0.15, -0.1) is 92.8 Å². The Labute approximate surface area is 552 Å². The van der Waals surface area contributed by atoms with Gasteiger partial charge in [0.1, 0.15) is 34.8 Å². The lowest BCUT2D eigenvalue weighted by Crippen LogP contribution is -2.42. The summed E-state index contributed by atoms with van der Waals surface area (Å²) in [4.78, 5) is 75.1. The van der Waals surface area contributed by atoms with Crippen LogP contribution in [-0.4, -0.2) is 162 Å². The van der Waals surface area contributed by atoms with Gasteiger partial charge in [-0.25, -0.2) is 19.2 Å². The molecule has 0 heterocycles. The fraction of sp³-hybridized carbons (Fsp3) is 0.407. The molecule has 5 aromatic rings. The quantitative estimate of drug-likeness (QED) is 0.00859. The molecule has 0 bridgehead atoms. The topological polar surface area (TPSA) is 263 Å². The molecule has 29 heteroatoms. The minimum Gasteiger partial charge on any atom is -0.508 e. The van der Waals surface area contributed by atoms with E-state index in [1.165, 1.54) is 24.3 Å². The van der Waals surface area contributed by atoms with Gasteiger partial charge < -0.3 is 64.5 Å². The number of anilines is 4. The Balaban J connectivity index is 0.000000409. The zero-order valence-corrected chi connectivity index (χ0v) is 54.5. The smallest absolute Gasteiger partial charge is 0.508 e. The molecule has 0 saturated carbocycles. The lowest BCUT2D eigenvalue weighted by Gasteiger charge is -2.23. The van der Waals surface area contributed by atoms with Crippen molar-refractivity contribution in [1.29, 1.82) is 0 Å². The highest BCUT2D eigenvalue weighted by molar-refractivity contribution is 6.20. The lowest BCUT2D eigenvalue weighted by molar-refractivity contribution is -0.384. The Bertz CT molecular complexity index is 2760. The minimum absolute atomic E-state index is 0.0975. The van der Waals surface area contributed by atoms with E-state index >= 15 is 0 Å². The fourth-order valence-electron chi connectivity index (χ4n) is 7.63. The number of carboxylic acid groups (broad SMARTS) is 2. The molecule has 0 fully saturated rings. The molecule has 2 unspecified atom stereocenters. The number of nitrogens with one attached hydrogen (secondary N) is 2. The number of phenolic OH excluding ortho intramolecular Hbond substituents is 1. The van der Waals surface area contributed by atoms with E-state index in [1.807, 2.05) is 41.0 Å². The molecule has 5 aromatic carbocycles. The number of non-ortho nitro benzene ring substituents is 1. The Morgan fingerprint density at radius 3 is 1.06 bits per heavy atom. The highest BCUT2D eigenvalue weighted by atomic mass is 35.5. The van der Waals surface area contributed by atoms with Gasteiger partial charge in [0.05, 0.1) is 4.92 Å². The fourth-order valence-corrected chi connectivity index (χ4v) is 9.26. The number of nitrogens with zero attached hydrogens (tertiary/aromatic N) is 5. The first-order valence-corrected chi connectivity index (χ1v) is 31.7. The first-order valence-electron chi connectivity index (χ1n) is 27.4. The van der Waals surface area contributed by atoms with E-state index in [9.17, 15) is 34.1 Å². The molecule has 0 aromatic heterocycles. The molecule has 21 nitrogen and oxygen atoms in total. The molecule has 5 rings (SSSR count). The number of carboxylic acids is 2. The Hall–Kier alpha value is -6.43. The molecule has 0 saturated heterocycles. The third kappa shape index (κ3) is 32.2. The second kappa shape index (κ2) is 45.8. The molecule has 2 amide bonds. The van der Waals surface area contributed by atoms with Gasteiger partial charge >= 0.3 is 30.3 Å². The largest absolute Gasteiger partial charge is 0.519 e. The third-order valence-corrected chi connectivity index (χ3v) is 13.2. The monoisotopic (exact) mass is 1380 g/mol. The predicted molar refractivity (Wildman–Crippen MR) is 353 cm³/mol. The van der Waals surface area contributed by atoms with Gasteiger partial charge in [-0.3, -0.25) is 14.9 Å². The van der Waals surface area contributed by atoms with Crippen LogP contribution in [0.2, 0.25) is 0 Å². The molecule has 0 aliphatic rings. The maximum atomic E-state index is 11.8. The number of carbonyl (C=O) groups is 5. The van der Waals surface area contributed by atoms with Crippen molar-refractivity contribution in [2.24, 2.45) is 0 Å². The molecule has 0 aliphatic heterocycles. The summed E-state index contributed by atoms with van der Waals surface area (Å²) in [6.07, 6.45) is -1.02. The van der Waals surface area contributed by atoms with Crippen molar-refractivity contribution < 1.29 is 63.2 Å². The van der Waals surface area contributed by atoms with E-state index in [4.69, 9.17) is 127 Å². The first kappa shape index (κ1) is 77.7. The van der Waals surface area contributed by atoms with Crippen LogP contribution in [0.5, 0.6) is 28.7 Å². The average molecular weight is 1390 g/mol. The molecule has 0 spiro atoms. The standard InChI is InChI=1S/C17H16Cl2N2O5.C16H20Cl2N2O6.C16H24Cl2N2O2.C10H13Cl2NO/c18-9-11-20(12-10-19)13-1-5-15(6-2-13)25-17(22)26-16-7-3-14(4-8-16)21(23)24;17-7-9-20(10-8-18)11-1-3-12(4-2-11)26-16(25)19-13(15(23)24)5-6-14(21)22;1-3-4-13(2)19-16(21)22-15-7-5-14(6-8-15)20(11-9-17)12-10-18;11-5-7-13(8-6-12)9-1-3-10(14)4-2-9/h1-8H,9-12H2;1-4,13H,5-10H2,(H,19,25)(H,21,22)(H,23,24);5-8,13H,3-4,9-12H2,1-2H3,(H,19,21);1-4,14H,5-8H2. The average Bonchev–Trinajstić information content (AvgIpc) is 3.59. The number of aliphatic carboxylic acids is 2. The summed E-state index contributed by atoms with van der Waals surface area (Å²) < 4.78 is 20.4. The van der Waals surface area contributed by atoms with Crippen LogP contribution < -0.4 is 49.2 Å². The van der Waals surface area contributed by atoms with Gasteiger partial charge in [-0.05, 0) is 129 Å². The molecule has 0 aliphatic carbocycles. The summed E-state index contributed by atoms with van der Waals surface area (Å²) in [6, 6.07) is 31.6. The van der Waals surface area contributed by atoms with Gasteiger partial charge in [0, 0.05) is 147 Å².